The van der Waals surface area contributed by atoms with E-state index < -0.39 is 10.0 Å². The molecule has 0 spiro atoms. The molecule has 6 aromatic rings. The molecule has 296 valence electrons. The number of anilines is 3. The molecule has 14 nitrogen and oxygen atoms in total. The molecule has 0 unspecified atom stereocenters. The molecule has 1 aliphatic carbocycles. The molecular weight excluding hydrogens is 751 g/mol. The highest BCUT2D eigenvalue weighted by Crippen LogP contribution is 2.45. The first-order valence-corrected chi connectivity index (χ1v) is 19.9. The maximum Gasteiger partial charge on any atom is 0.273 e. The summed E-state index contributed by atoms with van der Waals surface area (Å²) in [6.07, 6.45) is 4.88. The quantitative estimate of drug-likeness (QED) is 0.102. The Bertz CT molecular complexity index is 2520. The molecule has 1 saturated carbocycles. The summed E-state index contributed by atoms with van der Waals surface area (Å²) < 4.78 is 73.1. The van der Waals surface area contributed by atoms with Crippen LogP contribution in [-0.2, 0) is 27.8 Å². The lowest BCUT2D eigenvalue weighted by Crippen LogP contribution is -2.31. The summed E-state index contributed by atoms with van der Waals surface area (Å²) >= 11 is 0. The normalized spacial score (nSPS) is 13.9. The summed E-state index contributed by atoms with van der Waals surface area (Å²) in [5.41, 5.74) is 4.27. The van der Waals surface area contributed by atoms with Crippen LogP contribution in [0.2, 0.25) is 0 Å². The SMILES string of the molecule is COc1ccc(CN(c2noc3cc(Nc4cc(C5CC5)nn4Cc4ccc(OC)cc4)c(OC)cc23)S(=O)(=O)c2c(OC)cc(C3=CCCO3)cc2OC)cc1. The zero-order chi connectivity index (χ0) is 39.7. The van der Waals surface area contributed by atoms with Crippen molar-refractivity contribution in [2.24, 2.45) is 0 Å². The van der Waals surface area contributed by atoms with Crippen LogP contribution in [0.1, 0.15) is 47.6 Å². The van der Waals surface area contributed by atoms with E-state index in [1.165, 1.54) is 18.5 Å². The number of benzene rings is 4. The summed E-state index contributed by atoms with van der Waals surface area (Å²) in [6, 6.07) is 23.8. The Morgan fingerprint density at radius 2 is 1.46 bits per heavy atom. The van der Waals surface area contributed by atoms with Crippen molar-refractivity contribution in [1.29, 1.82) is 0 Å². The summed E-state index contributed by atoms with van der Waals surface area (Å²) in [7, 11) is 3.11. The van der Waals surface area contributed by atoms with Gasteiger partial charge in [0.2, 0.25) is 0 Å². The number of ether oxygens (including phenoxy) is 6. The van der Waals surface area contributed by atoms with Crippen molar-refractivity contribution in [3.8, 4) is 28.7 Å². The molecule has 1 N–H and O–H groups in total. The van der Waals surface area contributed by atoms with E-state index in [1.807, 2.05) is 35.0 Å². The maximum atomic E-state index is 15.1. The topological polar surface area (TPSA) is 149 Å². The van der Waals surface area contributed by atoms with E-state index in [2.05, 4.69) is 16.5 Å². The Morgan fingerprint density at radius 3 is 2.04 bits per heavy atom. The minimum atomic E-state index is -4.48. The van der Waals surface area contributed by atoms with E-state index in [9.17, 15) is 0 Å². The minimum absolute atomic E-state index is 0.0428. The molecule has 0 amide bonds. The lowest BCUT2D eigenvalue weighted by atomic mass is 10.1. The molecule has 2 aromatic heterocycles. The molecule has 0 atom stereocenters. The highest BCUT2D eigenvalue weighted by Gasteiger charge is 2.36. The van der Waals surface area contributed by atoms with Crippen molar-refractivity contribution in [3.63, 3.8) is 0 Å². The van der Waals surface area contributed by atoms with Crippen molar-refractivity contribution in [1.82, 2.24) is 14.9 Å². The van der Waals surface area contributed by atoms with Gasteiger partial charge >= 0.3 is 0 Å². The number of nitrogens with zero attached hydrogens (tertiary/aromatic N) is 4. The van der Waals surface area contributed by atoms with Gasteiger partial charge in [-0.05, 0) is 72.5 Å². The smallest absolute Gasteiger partial charge is 0.273 e. The van der Waals surface area contributed by atoms with Crippen LogP contribution in [0, 0.1) is 0 Å². The number of methoxy groups -OCH3 is 5. The molecular formula is C42H43N5O9S. The van der Waals surface area contributed by atoms with Crippen molar-refractivity contribution in [3.05, 3.63) is 107 Å². The lowest BCUT2D eigenvalue weighted by molar-refractivity contribution is 0.306. The zero-order valence-corrected chi connectivity index (χ0v) is 33.1. The van der Waals surface area contributed by atoms with Crippen LogP contribution < -0.4 is 33.3 Å². The largest absolute Gasteiger partial charge is 0.497 e. The van der Waals surface area contributed by atoms with E-state index in [-0.39, 0.29) is 28.8 Å². The number of sulfonamides is 1. The number of hydrogen-bond donors (Lipinski definition) is 1. The van der Waals surface area contributed by atoms with Crippen molar-refractivity contribution < 1.29 is 41.4 Å². The van der Waals surface area contributed by atoms with Gasteiger partial charge in [-0.25, -0.2) is 17.4 Å². The van der Waals surface area contributed by atoms with Crippen molar-refractivity contribution in [2.75, 3.05) is 51.8 Å². The molecule has 15 heteroatoms. The molecule has 1 aliphatic heterocycles. The second-order valence-corrected chi connectivity index (χ2v) is 15.5. The summed E-state index contributed by atoms with van der Waals surface area (Å²) in [5.74, 6) is 3.84. The Morgan fingerprint density at radius 1 is 0.807 bits per heavy atom. The van der Waals surface area contributed by atoms with Gasteiger partial charge in [0.15, 0.2) is 16.3 Å². The number of rotatable bonds is 16. The van der Waals surface area contributed by atoms with Crippen LogP contribution in [0.3, 0.4) is 0 Å². The van der Waals surface area contributed by atoms with E-state index in [4.69, 9.17) is 38.0 Å². The van der Waals surface area contributed by atoms with E-state index in [0.29, 0.717) is 64.1 Å². The number of hydrogen-bond acceptors (Lipinski definition) is 12. The van der Waals surface area contributed by atoms with E-state index >= 15 is 8.42 Å². The number of aromatic nitrogens is 3. The van der Waals surface area contributed by atoms with Crippen LogP contribution in [0.5, 0.6) is 28.7 Å². The molecule has 2 aliphatic rings. The second kappa shape index (κ2) is 15.7. The summed E-state index contributed by atoms with van der Waals surface area (Å²) in [5, 5.41) is 13.2. The average Bonchev–Trinajstić information content (AvgIpc) is 3.57. The Kier molecular flexibility index (Phi) is 10.3. The third-order valence-electron chi connectivity index (χ3n) is 10.0. The third-order valence-corrected chi connectivity index (χ3v) is 11.8. The van der Waals surface area contributed by atoms with Crippen LogP contribution >= 0.6 is 0 Å². The molecule has 1 fully saturated rings. The van der Waals surface area contributed by atoms with Crippen molar-refractivity contribution >= 4 is 44.1 Å². The third kappa shape index (κ3) is 7.49. The highest BCUT2D eigenvalue weighted by molar-refractivity contribution is 7.93. The number of fused-ring (bicyclic) bond motifs is 1. The maximum absolute atomic E-state index is 15.1. The molecule has 0 radical (unpaired) electrons. The first kappa shape index (κ1) is 37.6. The molecule has 0 bridgehead atoms. The predicted octanol–water partition coefficient (Wildman–Crippen LogP) is 7.89. The first-order valence-electron chi connectivity index (χ1n) is 18.4. The standard InChI is InChI=1S/C42H43N5O9S/c1-50-30-14-8-26(9-15-30)24-46-40(23-33(44-46)28-12-13-28)43-34-22-36-32(21-37(34)52-3)42(45-56-36)47(25-27-10-16-31(51-2)17-11-27)57(48,49)41-38(53-4)19-29(20-39(41)54-5)35-7-6-18-55-35/h7-11,14-17,19-23,28,43H,6,12-13,18,24-25H2,1-5H3. The Hall–Kier alpha value is -6.35. The van der Waals surface area contributed by atoms with E-state index in [1.54, 1.807) is 69.9 Å². The van der Waals surface area contributed by atoms with Gasteiger partial charge in [0.05, 0.1) is 72.0 Å². The summed E-state index contributed by atoms with van der Waals surface area (Å²) in [6.45, 7) is 0.935. The van der Waals surface area contributed by atoms with Crippen LogP contribution in [-0.4, -0.2) is 65.5 Å². The van der Waals surface area contributed by atoms with Crippen molar-refractivity contribution in [2.45, 2.75) is 43.2 Å². The fraction of sp³-hybridized carbons (Fsp3) is 0.286. The van der Waals surface area contributed by atoms with Gasteiger partial charge in [-0.15, -0.1) is 0 Å². The van der Waals surface area contributed by atoms with Gasteiger partial charge in [0.25, 0.3) is 10.0 Å². The van der Waals surface area contributed by atoms with Crippen LogP contribution in [0.15, 0.2) is 94.4 Å². The highest BCUT2D eigenvalue weighted by atomic mass is 32.2. The zero-order valence-electron chi connectivity index (χ0n) is 32.3. The fourth-order valence-electron chi connectivity index (χ4n) is 6.85. The molecule has 0 saturated heterocycles. The Labute approximate surface area is 330 Å². The minimum Gasteiger partial charge on any atom is -0.497 e. The van der Waals surface area contributed by atoms with Gasteiger partial charge < -0.3 is 38.3 Å². The summed E-state index contributed by atoms with van der Waals surface area (Å²) in [4.78, 5) is -0.179. The van der Waals surface area contributed by atoms with E-state index in [0.717, 1.165) is 42.1 Å². The van der Waals surface area contributed by atoms with Gasteiger partial charge in [-0.3, -0.25) is 0 Å². The lowest BCUT2D eigenvalue weighted by Gasteiger charge is -2.25. The molecule has 4 aromatic carbocycles. The van der Waals surface area contributed by atoms with Gasteiger partial charge in [0.1, 0.15) is 40.3 Å². The van der Waals surface area contributed by atoms with Gasteiger partial charge in [-0.1, -0.05) is 29.4 Å². The molecule has 8 rings (SSSR count). The average molecular weight is 794 g/mol. The van der Waals surface area contributed by atoms with Gasteiger partial charge in [0, 0.05) is 30.0 Å². The predicted molar refractivity (Wildman–Crippen MR) is 215 cm³/mol. The molecule has 3 heterocycles. The monoisotopic (exact) mass is 793 g/mol. The van der Waals surface area contributed by atoms with Crippen LogP contribution in [0.4, 0.5) is 17.3 Å². The Balaban J connectivity index is 1.20. The second-order valence-electron chi connectivity index (χ2n) is 13.7. The van der Waals surface area contributed by atoms with Crippen LogP contribution in [0.25, 0.3) is 16.7 Å². The fourth-order valence-corrected chi connectivity index (χ4v) is 8.54. The first-order chi connectivity index (χ1) is 27.7. The molecule has 57 heavy (non-hydrogen) atoms. The van der Waals surface area contributed by atoms with Gasteiger partial charge in [-0.2, -0.15) is 5.10 Å². The number of nitrogens with one attached hydrogen (secondary N) is 1.